The van der Waals surface area contributed by atoms with E-state index in [4.69, 9.17) is 0 Å². The van der Waals surface area contributed by atoms with E-state index in [1.165, 1.54) is 158 Å². The highest BCUT2D eigenvalue weighted by atomic mass is 15.1. The first-order chi connectivity index (χ1) is 25.9. The third-order valence-corrected chi connectivity index (χ3v) is 14.9. The lowest BCUT2D eigenvalue weighted by atomic mass is 9.78. The van der Waals surface area contributed by atoms with Crippen molar-refractivity contribution < 1.29 is 0 Å². The first kappa shape index (κ1) is 33.5. The van der Waals surface area contributed by atoms with Gasteiger partial charge in [0.25, 0.3) is 0 Å². The highest BCUT2D eigenvalue weighted by molar-refractivity contribution is 5.87. The highest BCUT2D eigenvalue weighted by Crippen LogP contribution is 2.56. The van der Waals surface area contributed by atoms with Crippen molar-refractivity contribution in [2.24, 2.45) is 5.92 Å². The van der Waals surface area contributed by atoms with Crippen LogP contribution in [0, 0.1) is 5.92 Å². The van der Waals surface area contributed by atoms with Crippen LogP contribution in [0.1, 0.15) is 150 Å². The minimum absolute atomic E-state index is 0.0975. The fraction of sp³-hybridized carbons (Fsp3) is 0.423. The first-order valence-corrected chi connectivity index (χ1v) is 21.4. The van der Waals surface area contributed by atoms with Gasteiger partial charge in [-0.3, -0.25) is 0 Å². The molecular weight excluding hydrogens is 639 g/mol. The molecule has 0 heterocycles. The summed E-state index contributed by atoms with van der Waals surface area (Å²) in [4.78, 5) is 2.52. The minimum atomic E-state index is -0.0975. The van der Waals surface area contributed by atoms with Gasteiger partial charge in [-0.2, -0.15) is 0 Å². The average molecular weight is 696 g/mol. The van der Waals surface area contributed by atoms with Crippen LogP contribution >= 0.6 is 0 Å². The van der Waals surface area contributed by atoms with Crippen LogP contribution in [0.3, 0.4) is 0 Å². The van der Waals surface area contributed by atoms with Crippen LogP contribution < -0.4 is 4.90 Å². The number of anilines is 3. The Balaban J connectivity index is 0.990. The van der Waals surface area contributed by atoms with E-state index in [0.29, 0.717) is 11.3 Å². The van der Waals surface area contributed by atoms with Crippen LogP contribution in [0.25, 0.3) is 22.3 Å². The van der Waals surface area contributed by atoms with E-state index >= 15 is 0 Å². The standard InChI is InChI=1S/C52H57N/c1-51(2)49-33-42(41-15-13-39(14-16-41)37-9-5-3-6-10-37)19-27-47(49)48-28-26-46(34-50(48)51)53(44-22-17-40(18-23-44)38-11-7-4-8-12-38)45-24-20-43(21-25-45)52-31-29-36(35-52)30-32-52/h13-28,33-34,36-38H,3-12,29-32,35H2,1-2H3. The van der Waals surface area contributed by atoms with Gasteiger partial charge in [0, 0.05) is 22.5 Å². The molecule has 0 amide bonds. The van der Waals surface area contributed by atoms with Crippen LogP contribution in [0.15, 0.2) is 109 Å². The van der Waals surface area contributed by atoms with Gasteiger partial charge in [-0.05, 0) is 173 Å². The molecule has 5 aromatic rings. The molecule has 1 heteroatoms. The molecule has 0 unspecified atom stereocenters. The van der Waals surface area contributed by atoms with E-state index in [0.717, 1.165) is 11.8 Å². The summed E-state index contributed by atoms with van der Waals surface area (Å²) in [7, 11) is 0. The van der Waals surface area contributed by atoms with Gasteiger partial charge >= 0.3 is 0 Å². The van der Waals surface area contributed by atoms with E-state index < -0.39 is 0 Å². The van der Waals surface area contributed by atoms with Crippen molar-refractivity contribution in [1.29, 1.82) is 0 Å². The third-order valence-electron chi connectivity index (χ3n) is 14.9. The summed E-state index contributed by atoms with van der Waals surface area (Å²) in [5.74, 6) is 2.41. The maximum Gasteiger partial charge on any atom is 0.0465 e. The molecule has 0 N–H and O–H groups in total. The second-order valence-corrected chi connectivity index (χ2v) is 18.3. The quantitative estimate of drug-likeness (QED) is 0.164. The lowest BCUT2D eigenvalue weighted by molar-refractivity contribution is 0.419. The van der Waals surface area contributed by atoms with Crippen LogP contribution in [0.4, 0.5) is 17.1 Å². The van der Waals surface area contributed by atoms with E-state index in [9.17, 15) is 0 Å². The maximum absolute atomic E-state index is 2.52. The molecule has 0 aromatic heterocycles. The second-order valence-electron chi connectivity index (χ2n) is 18.3. The Labute approximate surface area is 318 Å². The van der Waals surface area contributed by atoms with Crippen LogP contribution in [-0.4, -0.2) is 0 Å². The molecule has 1 nitrogen and oxygen atoms in total. The summed E-state index contributed by atoms with van der Waals surface area (Å²) in [6.07, 6.45) is 20.7. The van der Waals surface area contributed by atoms with Crippen molar-refractivity contribution in [3.63, 3.8) is 0 Å². The summed E-state index contributed by atoms with van der Waals surface area (Å²) in [5.41, 5.74) is 17.0. The molecular formula is C52H57N. The van der Waals surface area contributed by atoms with Gasteiger partial charge in [-0.15, -0.1) is 0 Å². The second kappa shape index (κ2) is 13.3. The molecule has 0 atom stereocenters. The van der Waals surface area contributed by atoms with Crippen molar-refractivity contribution in [1.82, 2.24) is 0 Å². The number of rotatable bonds is 7. The zero-order chi connectivity index (χ0) is 35.6. The van der Waals surface area contributed by atoms with Crippen molar-refractivity contribution in [3.05, 3.63) is 137 Å². The molecule has 10 rings (SSSR count). The van der Waals surface area contributed by atoms with Gasteiger partial charge in [-0.1, -0.05) is 119 Å². The molecule has 0 aliphatic heterocycles. The molecule has 4 saturated carbocycles. The molecule has 5 aliphatic rings. The Morgan fingerprint density at radius 1 is 0.472 bits per heavy atom. The SMILES string of the molecule is CC1(C)c2cc(-c3ccc(C4CCCCC4)cc3)ccc2-c2ccc(N(c3ccc(C4CCCCC4)cc3)c3ccc(C45CCC(CC4)C5)cc3)cc21. The average Bonchev–Trinajstić information content (AvgIpc) is 3.91. The predicted molar refractivity (Wildman–Crippen MR) is 224 cm³/mol. The van der Waals surface area contributed by atoms with Crippen LogP contribution in [0.5, 0.6) is 0 Å². The number of nitrogens with zero attached hydrogens (tertiary/aromatic N) is 1. The van der Waals surface area contributed by atoms with Crippen molar-refractivity contribution >= 4 is 17.1 Å². The number of hydrogen-bond acceptors (Lipinski definition) is 1. The summed E-state index contributed by atoms with van der Waals surface area (Å²) in [6, 6.07) is 43.5. The van der Waals surface area contributed by atoms with E-state index in [-0.39, 0.29) is 5.41 Å². The molecule has 0 radical (unpaired) electrons. The number of hydrogen-bond donors (Lipinski definition) is 0. The number of fused-ring (bicyclic) bond motifs is 5. The van der Waals surface area contributed by atoms with Crippen LogP contribution in [-0.2, 0) is 10.8 Å². The number of benzene rings is 5. The smallest absolute Gasteiger partial charge is 0.0465 e. The van der Waals surface area contributed by atoms with E-state index in [1.54, 1.807) is 5.56 Å². The van der Waals surface area contributed by atoms with Crippen molar-refractivity contribution in [2.75, 3.05) is 4.90 Å². The largest absolute Gasteiger partial charge is 0.310 e. The lowest BCUT2D eigenvalue weighted by Crippen LogP contribution is -2.20. The van der Waals surface area contributed by atoms with Gasteiger partial charge in [0.2, 0.25) is 0 Å². The van der Waals surface area contributed by atoms with Crippen molar-refractivity contribution in [2.45, 2.75) is 133 Å². The summed E-state index contributed by atoms with van der Waals surface area (Å²) in [6.45, 7) is 4.87. The van der Waals surface area contributed by atoms with Crippen LogP contribution in [0.2, 0.25) is 0 Å². The summed E-state index contributed by atoms with van der Waals surface area (Å²) < 4.78 is 0. The minimum Gasteiger partial charge on any atom is -0.310 e. The Bertz CT molecular complexity index is 2080. The van der Waals surface area contributed by atoms with Crippen molar-refractivity contribution in [3.8, 4) is 22.3 Å². The summed E-state index contributed by atoms with van der Waals surface area (Å²) >= 11 is 0. The monoisotopic (exact) mass is 695 g/mol. The van der Waals surface area contributed by atoms with Gasteiger partial charge in [0.05, 0.1) is 0 Å². The molecule has 53 heavy (non-hydrogen) atoms. The summed E-state index contributed by atoms with van der Waals surface area (Å²) in [5, 5.41) is 0. The molecule has 2 bridgehead atoms. The molecule has 0 spiro atoms. The normalized spacial score (nSPS) is 23.5. The Kier molecular flexibility index (Phi) is 8.42. The fourth-order valence-electron chi connectivity index (χ4n) is 11.8. The zero-order valence-corrected chi connectivity index (χ0v) is 32.2. The molecule has 4 fully saturated rings. The van der Waals surface area contributed by atoms with Gasteiger partial charge in [0.1, 0.15) is 0 Å². The Hall–Kier alpha value is -4.10. The predicted octanol–water partition coefficient (Wildman–Crippen LogP) is 15.1. The topological polar surface area (TPSA) is 3.24 Å². The Morgan fingerprint density at radius 3 is 1.53 bits per heavy atom. The Morgan fingerprint density at radius 2 is 0.962 bits per heavy atom. The molecule has 5 aliphatic carbocycles. The van der Waals surface area contributed by atoms with Gasteiger partial charge < -0.3 is 4.90 Å². The highest BCUT2D eigenvalue weighted by Gasteiger charge is 2.45. The first-order valence-electron chi connectivity index (χ1n) is 21.4. The van der Waals surface area contributed by atoms with E-state index in [1.807, 2.05) is 0 Å². The zero-order valence-electron chi connectivity index (χ0n) is 32.2. The molecule has 0 saturated heterocycles. The van der Waals surface area contributed by atoms with Gasteiger partial charge in [0.15, 0.2) is 0 Å². The molecule has 270 valence electrons. The third kappa shape index (κ3) is 5.89. The lowest BCUT2D eigenvalue weighted by Gasteiger charge is -2.31. The van der Waals surface area contributed by atoms with E-state index in [2.05, 4.69) is 128 Å². The fourth-order valence-corrected chi connectivity index (χ4v) is 11.8. The maximum atomic E-state index is 2.52. The van der Waals surface area contributed by atoms with Gasteiger partial charge in [-0.25, -0.2) is 0 Å². The molecule has 5 aromatic carbocycles.